The van der Waals surface area contributed by atoms with Crippen molar-refractivity contribution in [1.82, 2.24) is 9.29 Å². The number of hydrogen-bond acceptors (Lipinski definition) is 5. The van der Waals surface area contributed by atoms with Crippen molar-refractivity contribution in [2.45, 2.75) is 6.18 Å². The summed E-state index contributed by atoms with van der Waals surface area (Å²) in [4.78, 5) is 3.62. The molecule has 0 spiro atoms. The zero-order valence-corrected chi connectivity index (χ0v) is 12.5. The highest BCUT2D eigenvalue weighted by molar-refractivity contribution is 7.89. The SMILES string of the molecule is O=S(=O)(CCNc1ccc(C(F)(F)F)cn1)N1CCOCC1. The number of nitrogens with zero attached hydrogens (tertiary/aromatic N) is 2. The number of hydrogen-bond donors (Lipinski definition) is 1. The average Bonchev–Trinajstić information content (AvgIpc) is 2.48. The molecule has 1 aliphatic heterocycles. The zero-order valence-electron chi connectivity index (χ0n) is 11.6. The topological polar surface area (TPSA) is 71.5 Å². The summed E-state index contributed by atoms with van der Waals surface area (Å²) in [7, 11) is -3.40. The van der Waals surface area contributed by atoms with Crippen LogP contribution in [0.4, 0.5) is 19.0 Å². The van der Waals surface area contributed by atoms with E-state index in [1.165, 1.54) is 10.4 Å². The third kappa shape index (κ3) is 4.55. The number of pyridine rings is 1. The van der Waals surface area contributed by atoms with Crippen LogP contribution in [-0.4, -0.2) is 56.3 Å². The Kier molecular flexibility index (Phi) is 5.24. The standard InChI is InChI=1S/C12H16F3N3O3S/c13-12(14,15)10-1-2-11(17-9-10)16-3-8-22(19,20)18-4-6-21-7-5-18/h1-2,9H,3-8H2,(H,16,17). The number of anilines is 1. The van der Waals surface area contributed by atoms with E-state index in [1.807, 2.05) is 0 Å². The van der Waals surface area contributed by atoms with E-state index in [1.54, 1.807) is 0 Å². The molecular weight excluding hydrogens is 323 g/mol. The second kappa shape index (κ2) is 6.80. The number of alkyl halides is 3. The summed E-state index contributed by atoms with van der Waals surface area (Å²) < 4.78 is 67.6. The summed E-state index contributed by atoms with van der Waals surface area (Å²) in [6.45, 7) is 1.44. The Morgan fingerprint density at radius 2 is 1.95 bits per heavy atom. The van der Waals surface area contributed by atoms with Gasteiger partial charge in [0.2, 0.25) is 10.0 Å². The lowest BCUT2D eigenvalue weighted by Crippen LogP contribution is -2.42. The molecule has 124 valence electrons. The number of ether oxygens (including phenoxy) is 1. The Hall–Kier alpha value is -1.39. The van der Waals surface area contributed by atoms with E-state index in [0.717, 1.165) is 6.07 Å². The number of nitrogens with one attached hydrogen (secondary N) is 1. The van der Waals surface area contributed by atoms with Crippen molar-refractivity contribution in [2.75, 3.05) is 43.9 Å². The molecule has 1 saturated heterocycles. The summed E-state index contributed by atoms with van der Waals surface area (Å²) in [5.41, 5.74) is -0.848. The smallest absolute Gasteiger partial charge is 0.379 e. The predicted molar refractivity (Wildman–Crippen MR) is 73.9 cm³/mol. The van der Waals surface area contributed by atoms with Gasteiger partial charge in [0.25, 0.3) is 0 Å². The number of aromatic nitrogens is 1. The third-order valence-electron chi connectivity index (χ3n) is 3.12. The van der Waals surface area contributed by atoms with E-state index in [9.17, 15) is 21.6 Å². The molecule has 0 saturated carbocycles. The fourth-order valence-corrected chi connectivity index (χ4v) is 3.25. The molecule has 1 aromatic rings. The van der Waals surface area contributed by atoms with Crippen LogP contribution in [0.3, 0.4) is 0 Å². The van der Waals surface area contributed by atoms with Gasteiger partial charge in [0.1, 0.15) is 5.82 Å². The van der Waals surface area contributed by atoms with Crippen molar-refractivity contribution in [3.05, 3.63) is 23.9 Å². The molecule has 10 heteroatoms. The maximum Gasteiger partial charge on any atom is 0.417 e. The molecule has 0 unspecified atom stereocenters. The summed E-state index contributed by atoms with van der Waals surface area (Å²) in [6.07, 6.45) is -3.73. The highest BCUT2D eigenvalue weighted by atomic mass is 32.2. The first-order valence-electron chi connectivity index (χ1n) is 6.62. The Bertz CT molecular complexity index is 584. The lowest BCUT2D eigenvalue weighted by Gasteiger charge is -2.26. The van der Waals surface area contributed by atoms with Crippen LogP contribution in [0.5, 0.6) is 0 Å². The van der Waals surface area contributed by atoms with Gasteiger partial charge in [0.15, 0.2) is 0 Å². The van der Waals surface area contributed by atoms with Crippen LogP contribution in [0.25, 0.3) is 0 Å². The molecule has 0 aliphatic carbocycles. The van der Waals surface area contributed by atoms with Crippen LogP contribution >= 0.6 is 0 Å². The lowest BCUT2D eigenvalue weighted by atomic mass is 10.3. The fraction of sp³-hybridized carbons (Fsp3) is 0.583. The number of morpholine rings is 1. The van der Waals surface area contributed by atoms with Gasteiger partial charge in [-0.2, -0.15) is 17.5 Å². The van der Waals surface area contributed by atoms with Gasteiger partial charge in [0.05, 0.1) is 24.5 Å². The monoisotopic (exact) mass is 339 g/mol. The summed E-state index contributed by atoms with van der Waals surface area (Å²) >= 11 is 0. The van der Waals surface area contributed by atoms with Crippen LogP contribution in [0.1, 0.15) is 5.56 Å². The van der Waals surface area contributed by atoms with Gasteiger partial charge in [-0.05, 0) is 12.1 Å². The minimum absolute atomic E-state index is 0.0675. The first kappa shape index (κ1) is 17.0. The van der Waals surface area contributed by atoms with E-state index in [4.69, 9.17) is 4.74 Å². The van der Waals surface area contributed by atoms with Gasteiger partial charge < -0.3 is 10.1 Å². The summed E-state index contributed by atoms with van der Waals surface area (Å²) in [6, 6.07) is 2.07. The summed E-state index contributed by atoms with van der Waals surface area (Å²) in [5, 5.41) is 2.70. The van der Waals surface area contributed by atoms with Gasteiger partial charge in [-0.3, -0.25) is 0 Å². The Morgan fingerprint density at radius 3 is 2.50 bits per heavy atom. The molecule has 2 heterocycles. The van der Waals surface area contributed by atoms with Crippen LogP contribution in [0, 0.1) is 0 Å². The van der Waals surface area contributed by atoms with E-state index < -0.39 is 21.8 Å². The second-order valence-corrected chi connectivity index (χ2v) is 6.77. The fourth-order valence-electron chi connectivity index (χ4n) is 1.93. The molecular formula is C12H16F3N3O3S. The van der Waals surface area contributed by atoms with E-state index in [-0.39, 0.29) is 18.1 Å². The largest absolute Gasteiger partial charge is 0.417 e. The molecule has 0 bridgehead atoms. The second-order valence-electron chi connectivity index (χ2n) is 4.68. The molecule has 6 nitrogen and oxygen atoms in total. The first-order chi connectivity index (χ1) is 10.3. The van der Waals surface area contributed by atoms with Crippen molar-refractivity contribution in [1.29, 1.82) is 0 Å². The lowest BCUT2D eigenvalue weighted by molar-refractivity contribution is -0.137. The minimum atomic E-state index is -4.44. The Labute approximate surface area is 126 Å². The highest BCUT2D eigenvalue weighted by Gasteiger charge is 2.30. The van der Waals surface area contributed by atoms with Crippen molar-refractivity contribution in [2.24, 2.45) is 0 Å². The summed E-state index contributed by atoms with van der Waals surface area (Å²) in [5.74, 6) is 0.0422. The van der Waals surface area contributed by atoms with Gasteiger partial charge in [-0.15, -0.1) is 0 Å². The van der Waals surface area contributed by atoms with Crippen LogP contribution in [0.15, 0.2) is 18.3 Å². The molecule has 0 atom stereocenters. The third-order valence-corrected chi connectivity index (χ3v) is 4.99. The van der Waals surface area contributed by atoms with E-state index >= 15 is 0 Å². The number of sulfonamides is 1. The normalized spacial score (nSPS) is 17.4. The van der Waals surface area contributed by atoms with Crippen molar-refractivity contribution in [3.8, 4) is 0 Å². The Balaban J connectivity index is 1.85. The van der Waals surface area contributed by atoms with Gasteiger partial charge in [0, 0.05) is 25.8 Å². The molecule has 1 aliphatic rings. The van der Waals surface area contributed by atoms with Gasteiger partial charge >= 0.3 is 6.18 Å². The highest BCUT2D eigenvalue weighted by Crippen LogP contribution is 2.28. The molecule has 1 fully saturated rings. The van der Waals surface area contributed by atoms with Gasteiger partial charge in [-0.1, -0.05) is 0 Å². The van der Waals surface area contributed by atoms with Crippen molar-refractivity contribution in [3.63, 3.8) is 0 Å². The molecule has 1 N–H and O–H groups in total. The molecule has 0 radical (unpaired) electrons. The van der Waals surface area contributed by atoms with Crippen LogP contribution < -0.4 is 5.32 Å². The number of halogens is 3. The number of rotatable bonds is 5. The Morgan fingerprint density at radius 1 is 1.27 bits per heavy atom. The maximum atomic E-state index is 12.4. The molecule has 0 amide bonds. The maximum absolute atomic E-state index is 12.4. The molecule has 22 heavy (non-hydrogen) atoms. The molecule has 1 aromatic heterocycles. The molecule has 2 rings (SSSR count). The first-order valence-corrected chi connectivity index (χ1v) is 8.23. The predicted octanol–water partition coefficient (Wildman–Crippen LogP) is 1.17. The van der Waals surface area contributed by atoms with Crippen LogP contribution in [0.2, 0.25) is 0 Å². The van der Waals surface area contributed by atoms with Crippen molar-refractivity contribution < 1.29 is 26.3 Å². The van der Waals surface area contributed by atoms with Gasteiger partial charge in [-0.25, -0.2) is 13.4 Å². The minimum Gasteiger partial charge on any atom is -0.379 e. The van der Waals surface area contributed by atoms with Crippen LogP contribution in [-0.2, 0) is 20.9 Å². The zero-order chi connectivity index (χ0) is 16.2. The quantitative estimate of drug-likeness (QED) is 0.872. The van der Waals surface area contributed by atoms with E-state index in [2.05, 4.69) is 10.3 Å². The van der Waals surface area contributed by atoms with E-state index in [0.29, 0.717) is 32.5 Å². The van der Waals surface area contributed by atoms with Crippen molar-refractivity contribution >= 4 is 15.8 Å². The average molecular weight is 339 g/mol. The molecule has 0 aromatic carbocycles.